The first-order chi connectivity index (χ1) is 9.99. The Morgan fingerprint density at radius 2 is 2.19 bits per heavy atom. The number of carbonyl (C=O) groups excluding carboxylic acids is 1. The van der Waals surface area contributed by atoms with Gasteiger partial charge in [-0.15, -0.1) is 0 Å². The lowest BCUT2D eigenvalue weighted by molar-refractivity contribution is 0.0725. The van der Waals surface area contributed by atoms with E-state index in [1.54, 1.807) is 9.58 Å². The van der Waals surface area contributed by atoms with Gasteiger partial charge in [-0.25, -0.2) is 4.39 Å². The highest BCUT2D eigenvalue weighted by Gasteiger charge is 2.28. The van der Waals surface area contributed by atoms with Gasteiger partial charge < -0.3 is 4.90 Å². The van der Waals surface area contributed by atoms with Crippen molar-refractivity contribution in [1.82, 2.24) is 14.7 Å². The summed E-state index contributed by atoms with van der Waals surface area (Å²) < 4.78 is 15.7. The van der Waals surface area contributed by atoms with Crippen LogP contribution in [0.3, 0.4) is 0 Å². The standard InChI is InChI=1S/C15H15ClFN3O/c1-9-10-6-7-20(8-13(10)19(2)18-9)15(21)14-11(16)4-3-5-12(14)17/h3-5H,6-8H2,1-2H3. The molecular weight excluding hydrogens is 293 g/mol. The second kappa shape index (κ2) is 5.15. The van der Waals surface area contributed by atoms with Crippen molar-refractivity contribution >= 4 is 17.5 Å². The third-order valence-electron chi connectivity index (χ3n) is 3.91. The summed E-state index contributed by atoms with van der Waals surface area (Å²) in [6.07, 6.45) is 0.729. The number of benzene rings is 1. The molecule has 1 amide bonds. The SMILES string of the molecule is Cc1nn(C)c2c1CCN(C(=O)c1c(F)cccc1Cl)C2. The van der Waals surface area contributed by atoms with Gasteiger partial charge in [0.15, 0.2) is 0 Å². The van der Waals surface area contributed by atoms with Crippen molar-refractivity contribution in [2.75, 3.05) is 6.54 Å². The number of aryl methyl sites for hydroxylation is 2. The van der Waals surface area contributed by atoms with E-state index in [-0.39, 0.29) is 16.5 Å². The number of fused-ring (bicyclic) bond motifs is 1. The van der Waals surface area contributed by atoms with Gasteiger partial charge in [-0.2, -0.15) is 5.10 Å². The summed E-state index contributed by atoms with van der Waals surface area (Å²) in [7, 11) is 1.86. The molecule has 0 atom stereocenters. The second-order valence-electron chi connectivity index (χ2n) is 5.21. The summed E-state index contributed by atoms with van der Waals surface area (Å²) >= 11 is 5.97. The van der Waals surface area contributed by atoms with Crippen LogP contribution in [0, 0.1) is 12.7 Å². The van der Waals surface area contributed by atoms with E-state index in [4.69, 9.17) is 11.6 Å². The smallest absolute Gasteiger partial charge is 0.258 e. The van der Waals surface area contributed by atoms with Crippen molar-refractivity contribution in [2.24, 2.45) is 7.05 Å². The molecule has 0 saturated carbocycles. The molecule has 0 bridgehead atoms. The maximum absolute atomic E-state index is 13.9. The van der Waals surface area contributed by atoms with E-state index in [2.05, 4.69) is 5.10 Å². The van der Waals surface area contributed by atoms with Gasteiger partial charge in [-0.1, -0.05) is 17.7 Å². The predicted molar refractivity (Wildman–Crippen MR) is 77.8 cm³/mol. The molecule has 1 aromatic heterocycles. The molecule has 21 heavy (non-hydrogen) atoms. The van der Waals surface area contributed by atoms with Crippen molar-refractivity contribution in [3.05, 3.63) is 51.6 Å². The molecule has 0 aliphatic carbocycles. The minimum absolute atomic E-state index is 0.0542. The minimum atomic E-state index is -0.584. The van der Waals surface area contributed by atoms with E-state index in [1.165, 1.54) is 23.8 Å². The quantitative estimate of drug-likeness (QED) is 0.812. The molecule has 110 valence electrons. The van der Waals surface area contributed by atoms with Crippen molar-refractivity contribution < 1.29 is 9.18 Å². The summed E-state index contributed by atoms with van der Waals surface area (Å²) in [5, 5.41) is 4.52. The van der Waals surface area contributed by atoms with Crippen LogP contribution in [-0.2, 0) is 20.0 Å². The zero-order valence-electron chi connectivity index (χ0n) is 11.9. The molecule has 2 aromatic rings. The molecule has 0 unspecified atom stereocenters. The fourth-order valence-electron chi connectivity index (χ4n) is 2.81. The first-order valence-electron chi connectivity index (χ1n) is 6.73. The summed E-state index contributed by atoms with van der Waals surface area (Å²) in [5.74, 6) is -0.956. The number of carbonyl (C=O) groups is 1. The van der Waals surface area contributed by atoms with Gasteiger partial charge in [0.25, 0.3) is 5.91 Å². The Morgan fingerprint density at radius 3 is 2.90 bits per heavy atom. The van der Waals surface area contributed by atoms with Crippen LogP contribution in [0.25, 0.3) is 0 Å². The zero-order valence-corrected chi connectivity index (χ0v) is 12.6. The average molecular weight is 308 g/mol. The Kier molecular flexibility index (Phi) is 3.45. The lowest BCUT2D eigenvalue weighted by Crippen LogP contribution is -2.37. The van der Waals surface area contributed by atoms with Gasteiger partial charge in [-0.3, -0.25) is 9.48 Å². The summed E-state index contributed by atoms with van der Waals surface area (Å²) in [6, 6.07) is 4.28. The van der Waals surface area contributed by atoms with Crippen LogP contribution in [0.15, 0.2) is 18.2 Å². The van der Waals surface area contributed by atoms with Crippen molar-refractivity contribution in [3.8, 4) is 0 Å². The molecule has 3 rings (SSSR count). The van der Waals surface area contributed by atoms with Crippen LogP contribution in [0.1, 0.15) is 27.3 Å². The summed E-state index contributed by atoms with van der Waals surface area (Å²) in [4.78, 5) is 14.2. The number of halogens is 2. The minimum Gasteiger partial charge on any atom is -0.332 e. The van der Waals surface area contributed by atoms with Crippen molar-refractivity contribution in [1.29, 1.82) is 0 Å². The van der Waals surface area contributed by atoms with Gasteiger partial charge in [0.1, 0.15) is 5.82 Å². The van der Waals surface area contributed by atoms with E-state index < -0.39 is 5.82 Å². The maximum Gasteiger partial charge on any atom is 0.258 e. The van der Waals surface area contributed by atoms with Crippen LogP contribution < -0.4 is 0 Å². The molecule has 2 heterocycles. The topological polar surface area (TPSA) is 38.1 Å². The third kappa shape index (κ3) is 2.31. The van der Waals surface area contributed by atoms with Crippen LogP contribution in [0.5, 0.6) is 0 Å². The predicted octanol–water partition coefficient (Wildman–Crippen LogP) is 2.72. The van der Waals surface area contributed by atoms with E-state index in [9.17, 15) is 9.18 Å². The lowest BCUT2D eigenvalue weighted by atomic mass is 10.0. The zero-order chi connectivity index (χ0) is 15.1. The molecule has 1 aliphatic heterocycles. The maximum atomic E-state index is 13.9. The molecule has 6 heteroatoms. The van der Waals surface area contributed by atoms with Gasteiger partial charge >= 0.3 is 0 Å². The Morgan fingerprint density at radius 1 is 1.43 bits per heavy atom. The molecular formula is C15H15ClFN3O. The van der Waals surface area contributed by atoms with E-state index in [0.717, 1.165) is 17.8 Å². The molecule has 0 fully saturated rings. The largest absolute Gasteiger partial charge is 0.332 e. The number of nitrogens with zero attached hydrogens (tertiary/aromatic N) is 3. The van der Waals surface area contributed by atoms with E-state index in [0.29, 0.717) is 13.1 Å². The molecule has 0 N–H and O–H groups in total. The van der Waals surface area contributed by atoms with Crippen LogP contribution in [0.4, 0.5) is 4.39 Å². The van der Waals surface area contributed by atoms with Crippen molar-refractivity contribution in [3.63, 3.8) is 0 Å². The van der Waals surface area contributed by atoms with Crippen LogP contribution >= 0.6 is 11.6 Å². The number of rotatable bonds is 1. The Balaban J connectivity index is 1.93. The fourth-order valence-corrected chi connectivity index (χ4v) is 3.06. The molecule has 1 aliphatic rings. The molecule has 0 saturated heterocycles. The lowest BCUT2D eigenvalue weighted by Gasteiger charge is -2.28. The van der Waals surface area contributed by atoms with Crippen molar-refractivity contribution in [2.45, 2.75) is 19.9 Å². The second-order valence-corrected chi connectivity index (χ2v) is 5.61. The average Bonchev–Trinajstić information content (AvgIpc) is 2.73. The number of amides is 1. The highest BCUT2D eigenvalue weighted by molar-refractivity contribution is 6.33. The highest BCUT2D eigenvalue weighted by Crippen LogP contribution is 2.26. The first-order valence-corrected chi connectivity index (χ1v) is 7.11. The van der Waals surface area contributed by atoms with Crippen LogP contribution in [0.2, 0.25) is 5.02 Å². The molecule has 0 radical (unpaired) electrons. The third-order valence-corrected chi connectivity index (χ3v) is 4.23. The monoisotopic (exact) mass is 307 g/mol. The highest BCUT2D eigenvalue weighted by atomic mass is 35.5. The summed E-state index contributed by atoms with van der Waals surface area (Å²) in [5.41, 5.74) is 3.12. The first kappa shape index (κ1) is 14.1. The number of hydrogen-bond donors (Lipinski definition) is 0. The van der Waals surface area contributed by atoms with Gasteiger partial charge in [0.2, 0.25) is 0 Å². The van der Waals surface area contributed by atoms with Gasteiger partial charge in [-0.05, 0) is 31.0 Å². The van der Waals surface area contributed by atoms with Crippen LogP contribution in [-0.4, -0.2) is 27.1 Å². The number of hydrogen-bond acceptors (Lipinski definition) is 2. The van der Waals surface area contributed by atoms with E-state index in [1.807, 2.05) is 14.0 Å². The number of aromatic nitrogens is 2. The summed E-state index contributed by atoms with van der Waals surface area (Å²) in [6.45, 7) is 2.93. The van der Waals surface area contributed by atoms with Gasteiger partial charge in [0.05, 0.1) is 28.5 Å². The van der Waals surface area contributed by atoms with Gasteiger partial charge in [0, 0.05) is 13.6 Å². The van der Waals surface area contributed by atoms with E-state index >= 15 is 0 Å². The Hall–Kier alpha value is -1.88. The fraction of sp³-hybridized carbons (Fsp3) is 0.333. The Labute approximate surface area is 127 Å². The molecule has 4 nitrogen and oxygen atoms in total. The normalized spacial score (nSPS) is 14.2. The molecule has 0 spiro atoms. The Bertz CT molecular complexity index is 706. The molecule has 1 aromatic carbocycles.